The lowest BCUT2D eigenvalue weighted by molar-refractivity contribution is 0.152. The van der Waals surface area contributed by atoms with Crippen molar-refractivity contribution in [2.45, 2.75) is 38.8 Å². The third-order valence-corrected chi connectivity index (χ3v) is 5.49. The molecule has 1 aliphatic heterocycles. The number of nitrogens with two attached hydrogens (primary N) is 1. The number of nitrogens with one attached hydrogen (secondary N) is 1. The lowest BCUT2D eigenvalue weighted by Crippen LogP contribution is -2.36. The number of amides is 1. The van der Waals surface area contributed by atoms with Crippen LogP contribution in [0.2, 0.25) is 0 Å². The Hall–Kier alpha value is -2.86. The molecule has 2 aromatic heterocycles. The smallest absolute Gasteiger partial charge is 0.325 e. The number of likely N-dealkylation sites (tertiary alicyclic amines) is 1. The highest BCUT2D eigenvalue weighted by Gasteiger charge is 2.18. The summed E-state index contributed by atoms with van der Waals surface area (Å²) in [6.07, 6.45) is 5.23. The van der Waals surface area contributed by atoms with E-state index < -0.39 is 11.6 Å². The van der Waals surface area contributed by atoms with Gasteiger partial charge in [-0.1, -0.05) is 12.5 Å². The molecule has 1 aliphatic rings. The average Bonchev–Trinajstić information content (AvgIpc) is 3.06. The number of primary amides is 1. The number of nitrogens with zero attached hydrogens (tertiary/aromatic N) is 2. The number of aromatic amines is 1. The fourth-order valence-corrected chi connectivity index (χ4v) is 3.93. The zero-order valence-electron chi connectivity index (χ0n) is 15.4. The van der Waals surface area contributed by atoms with E-state index in [1.165, 1.54) is 31.0 Å². The van der Waals surface area contributed by atoms with Gasteiger partial charge in [-0.3, -0.25) is 9.69 Å². The number of benzene rings is 1. The van der Waals surface area contributed by atoms with E-state index in [1.54, 1.807) is 12.1 Å². The first-order valence-corrected chi connectivity index (χ1v) is 9.40. The molecule has 3 aromatic rings. The molecule has 1 atom stereocenters. The van der Waals surface area contributed by atoms with Gasteiger partial charge in [-0.05, 0) is 62.2 Å². The molecule has 1 aromatic carbocycles. The summed E-state index contributed by atoms with van der Waals surface area (Å²) in [7, 11) is 0. The van der Waals surface area contributed by atoms with Crippen molar-refractivity contribution >= 4 is 16.9 Å². The minimum atomic E-state index is -0.782. The number of H-pyrrole nitrogens is 1. The van der Waals surface area contributed by atoms with E-state index in [2.05, 4.69) is 35.0 Å². The number of piperidine rings is 1. The highest BCUT2D eigenvalue weighted by Crippen LogP contribution is 2.25. The van der Waals surface area contributed by atoms with Gasteiger partial charge in [0, 0.05) is 29.7 Å². The van der Waals surface area contributed by atoms with Gasteiger partial charge in [0.25, 0.3) is 5.56 Å². The molecule has 0 radical (unpaired) electrons. The second kappa shape index (κ2) is 7.04. The Morgan fingerprint density at radius 2 is 2.11 bits per heavy atom. The normalized spacial score (nSPS) is 18.0. The number of carbonyl (C=O) groups is 1. The summed E-state index contributed by atoms with van der Waals surface area (Å²) < 4.78 is 0.921. The molecule has 1 fully saturated rings. The first-order chi connectivity index (χ1) is 13.0. The predicted octanol–water partition coefficient (Wildman–Crippen LogP) is 3.30. The molecule has 0 bridgehead atoms. The molecule has 0 unspecified atom stereocenters. The molecular weight excluding hydrogens is 340 g/mol. The van der Waals surface area contributed by atoms with Crippen molar-refractivity contribution in [3.05, 3.63) is 58.5 Å². The highest BCUT2D eigenvalue weighted by molar-refractivity contribution is 5.86. The Kier molecular flexibility index (Phi) is 4.58. The van der Waals surface area contributed by atoms with Crippen LogP contribution in [0.25, 0.3) is 22.2 Å². The monoisotopic (exact) mass is 364 g/mol. The Labute approximate surface area is 157 Å². The zero-order chi connectivity index (χ0) is 19.0. The quantitative estimate of drug-likeness (QED) is 0.748. The van der Waals surface area contributed by atoms with Crippen LogP contribution in [0.15, 0.2) is 47.4 Å². The van der Waals surface area contributed by atoms with E-state index in [9.17, 15) is 9.59 Å². The van der Waals surface area contributed by atoms with Gasteiger partial charge in [0.15, 0.2) is 0 Å². The summed E-state index contributed by atoms with van der Waals surface area (Å²) in [5, 5.41) is 1.06. The van der Waals surface area contributed by atoms with Crippen LogP contribution in [0.3, 0.4) is 0 Å². The summed E-state index contributed by atoms with van der Waals surface area (Å²) >= 11 is 0. The first kappa shape index (κ1) is 17.5. The second-order valence-electron chi connectivity index (χ2n) is 7.36. The van der Waals surface area contributed by atoms with Crippen molar-refractivity contribution < 1.29 is 4.79 Å². The topological polar surface area (TPSA) is 84.1 Å². The van der Waals surface area contributed by atoms with Crippen LogP contribution in [0.4, 0.5) is 4.79 Å². The van der Waals surface area contributed by atoms with E-state index >= 15 is 0 Å². The number of pyridine rings is 1. The van der Waals surface area contributed by atoms with E-state index in [-0.39, 0.29) is 0 Å². The van der Waals surface area contributed by atoms with Gasteiger partial charge in [0.2, 0.25) is 0 Å². The number of hydrogen-bond acceptors (Lipinski definition) is 3. The molecule has 27 heavy (non-hydrogen) atoms. The van der Waals surface area contributed by atoms with Crippen LogP contribution in [0.5, 0.6) is 0 Å². The zero-order valence-corrected chi connectivity index (χ0v) is 15.4. The van der Waals surface area contributed by atoms with Crippen molar-refractivity contribution in [2.75, 3.05) is 6.54 Å². The number of rotatable bonds is 3. The third kappa shape index (κ3) is 3.40. The average molecular weight is 364 g/mol. The maximum atomic E-state index is 12.5. The molecule has 6 heteroatoms. The van der Waals surface area contributed by atoms with Crippen LogP contribution in [-0.2, 0) is 6.54 Å². The molecule has 0 aliphatic carbocycles. The molecule has 4 rings (SSSR count). The largest absolute Gasteiger partial charge is 0.354 e. The standard InChI is InChI=1S/C21H24N4O2/c1-14-5-2-3-9-24(14)13-15-7-8-18-16(11-15)12-19(23-18)17-6-4-10-25(20(17)26)21(22)27/h4,6-8,10-12,14,23H,2-3,5,9,13H2,1H3,(H2,22,27)/t14-/m0/s1. The lowest BCUT2D eigenvalue weighted by Gasteiger charge is -2.33. The highest BCUT2D eigenvalue weighted by atomic mass is 16.2. The summed E-state index contributed by atoms with van der Waals surface area (Å²) in [6, 6.07) is 11.5. The number of fused-ring (bicyclic) bond motifs is 1. The molecular formula is C21H24N4O2. The van der Waals surface area contributed by atoms with Crippen molar-refractivity contribution in [1.29, 1.82) is 0 Å². The van der Waals surface area contributed by atoms with Gasteiger partial charge in [-0.15, -0.1) is 0 Å². The Bertz CT molecular complexity index is 1050. The number of hydrogen-bond donors (Lipinski definition) is 2. The Balaban J connectivity index is 1.66. The summed E-state index contributed by atoms with van der Waals surface area (Å²) in [6.45, 7) is 4.39. The summed E-state index contributed by atoms with van der Waals surface area (Å²) in [5.74, 6) is 0. The molecule has 1 amide bonds. The van der Waals surface area contributed by atoms with Gasteiger partial charge in [-0.2, -0.15) is 0 Å². The van der Waals surface area contributed by atoms with E-state index in [1.807, 2.05) is 6.07 Å². The molecule has 3 N–H and O–H groups in total. The maximum absolute atomic E-state index is 12.5. The van der Waals surface area contributed by atoms with Crippen LogP contribution in [0.1, 0.15) is 31.7 Å². The summed E-state index contributed by atoms with van der Waals surface area (Å²) in [4.78, 5) is 29.7. The SMILES string of the molecule is C[C@H]1CCCCN1Cc1ccc2[nH]c(-c3cccn(C(N)=O)c3=O)cc2c1. The minimum absolute atomic E-state index is 0.418. The molecule has 6 nitrogen and oxygen atoms in total. The number of carbonyl (C=O) groups excluding carboxylic acids is 1. The third-order valence-electron chi connectivity index (χ3n) is 5.49. The molecule has 3 heterocycles. The predicted molar refractivity (Wildman–Crippen MR) is 107 cm³/mol. The fraction of sp³-hybridized carbons (Fsp3) is 0.333. The van der Waals surface area contributed by atoms with Crippen molar-refractivity contribution in [2.24, 2.45) is 5.73 Å². The van der Waals surface area contributed by atoms with Gasteiger partial charge < -0.3 is 10.7 Å². The first-order valence-electron chi connectivity index (χ1n) is 9.40. The maximum Gasteiger partial charge on any atom is 0.325 e. The van der Waals surface area contributed by atoms with Crippen LogP contribution in [0, 0.1) is 0 Å². The Morgan fingerprint density at radius 1 is 1.26 bits per heavy atom. The van der Waals surface area contributed by atoms with Crippen molar-refractivity contribution in [1.82, 2.24) is 14.5 Å². The second-order valence-corrected chi connectivity index (χ2v) is 7.36. The van der Waals surface area contributed by atoms with Crippen LogP contribution < -0.4 is 11.3 Å². The molecule has 0 saturated carbocycles. The van der Waals surface area contributed by atoms with Gasteiger partial charge in [0.1, 0.15) is 0 Å². The summed E-state index contributed by atoms with van der Waals surface area (Å²) in [5.41, 5.74) is 8.20. The molecule has 140 valence electrons. The van der Waals surface area contributed by atoms with Crippen molar-refractivity contribution in [3.63, 3.8) is 0 Å². The van der Waals surface area contributed by atoms with Crippen LogP contribution >= 0.6 is 0 Å². The lowest BCUT2D eigenvalue weighted by atomic mass is 10.0. The molecule has 0 spiro atoms. The Morgan fingerprint density at radius 3 is 2.89 bits per heavy atom. The van der Waals surface area contributed by atoms with Crippen LogP contribution in [-0.4, -0.2) is 33.1 Å². The number of aromatic nitrogens is 2. The van der Waals surface area contributed by atoms with E-state index in [4.69, 9.17) is 5.73 Å². The van der Waals surface area contributed by atoms with Crippen molar-refractivity contribution in [3.8, 4) is 11.3 Å². The van der Waals surface area contributed by atoms with Gasteiger partial charge in [0.05, 0.1) is 11.3 Å². The fourth-order valence-electron chi connectivity index (χ4n) is 3.93. The van der Waals surface area contributed by atoms with Gasteiger partial charge >= 0.3 is 6.03 Å². The van der Waals surface area contributed by atoms with E-state index in [0.717, 1.165) is 28.6 Å². The minimum Gasteiger partial charge on any atom is -0.354 e. The van der Waals surface area contributed by atoms with Gasteiger partial charge in [-0.25, -0.2) is 9.36 Å². The van der Waals surface area contributed by atoms with E-state index in [0.29, 0.717) is 17.3 Å². The molecule has 1 saturated heterocycles.